The van der Waals surface area contributed by atoms with Crippen LogP contribution in [0.25, 0.3) is 0 Å². The topological polar surface area (TPSA) is 138 Å². The van der Waals surface area contributed by atoms with Gasteiger partial charge in [0.1, 0.15) is 11.4 Å². The van der Waals surface area contributed by atoms with Crippen LogP contribution < -0.4 is 0 Å². The van der Waals surface area contributed by atoms with Gasteiger partial charge in [-0.2, -0.15) is 0 Å². The summed E-state index contributed by atoms with van der Waals surface area (Å²) in [5.41, 5.74) is -0.144. The molecule has 0 amide bonds. The third-order valence-corrected chi connectivity index (χ3v) is 2.46. The van der Waals surface area contributed by atoms with Crippen molar-refractivity contribution in [3.8, 4) is 0 Å². The van der Waals surface area contributed by atoms with Gasteiger partial charge in [0.2, 0.25) is 0 Å². The van der Waals surface area contributed by atoms with Crippen LogP contribution >= 0.6 is 0 Å². The summed E-state index contributed by atoms with van der Waals surface area (Å²) in [6.07, 6.45) is 2.30. The first-order valence-electron chi connectivity index (χ1n) is 6.02. The largest absolute Gasteiger partial charge is 0.477 e. The van der Waals surface area contributed by atoms with Crippen molar-refractivity contribution in [1.82, 2.24) is 9.97 Å². The Labute approximate surface area is 147 Å². The standard InChI is InChI=1S/C7H4FNO3.C7H7NO3.Zn/c8-5-2-9-6(7(11)12)1-4(5)3-10;9-4-5-1-2-8-6(3-5)7(10)11;/h1-3H,(H,11,12);1-3,9H,4H2,(H,10,11);. The number of carboxylic acids is 2. The molecule has 0 fully saturated rings. The summed E-state index contributed by atoms with van der Waals surface area (Å²) in [4.78, 5) is 37.6. The van der Waals surface area contributed by atoms with E-state index < -0.39 is 17.8 Å². The first kappa shape index (κ1) is 21.4. The van der Waals surface area contributed by atoms with E-state index in [0.29, 0.717) is 11.8 Å². The van der Waals surface area contributed by atoms with Crippen molar-refractivity contribution in [2.24, 2.45) is 0 Å². The second-order valence-corrected chi connectivity index (χ2v) is 4.03. The number of carbonyl (C=O) groups excluding carboxylic acids is 1. The minimum atomic E-state index is -1.29. The van der Waals surface area contributed by atoms with E-state index in [4.69, 9.17) is 15.3 Å². The molecule has 0 unspecified atom stereocenters. The van der Waals surface area contributed by atoms with E-state index in [-0.39, 0.29) is 49.3 Å². The summed E-state index contributed by atoms with van der Waals surface area (Å²) in [5, 5.41) is 25.5. The number of halogens is 1. The minimum absolute atomic E-state index is 0. The molecule has 0 aliphatic carbocycles. The Kier molecular flexibility index (Phi) is 9.15. The average molecular weight is 388 g/mol. The van der Waals surface area contributed by atoms with Gasteiger partial charge in [0, 0.05) is 25.7 Å². The molecule has 122 valence electrons. The summed E-state index contributed by atoms with van der Waals surface area (Å²) >= 11 is 0. The number of hydrogen-bond acceptors (Lipinski definition) is 6. The van der Waals surface area contributed by atoms with Crippen LogP contribution in [-0.4, -0.2) is 43.5 Å². The fourth-order valence-corrected chi connectivity index (χ4v) is 1.35. The SMILES string of the molecule is O=C(O)c1cc(CO)ccn1.O=Cc1cc(C(=O)O)ncc1F.[Zn]. The van der Waals surface area contributed by atoms with E-state index in [1.165, 1.54) is 12.3 Å². The zero-order valence-corrected chi connectivity index (χ0v) is 15.2. The van der Waals surface area contributed by atoms with Crippen LogP contribution in [0.2, 0.25) is 0 Å². The van der Waals surface area contributed by atoms with E-state index in [0.717, 1.165) is 6.07 Å². The molecule has 2 aromatic rings. The molecular weight excluding hydrogens is 377 g/mol. The summed E-state index contributed by atoms with van der Waals surface area (Å²) in [7, 11) is 0. The number of pyridine rings is 2. The maximum absolute atomic E-state index is 12.5. The van der Waals surface area contributed by atoms with Crippen molar-refractivity contribution in [2.45, 2.75) is 6.61 Å². The maximum atomic E-state index is 12.5. The number of hydrogen-bond donors (Lipinski definition) is 3. The third kappa shape index (κ3) is 6.27. The Morgan fingerprint density at radius 1 is 1.12 bits per heavy atom. The summed E-state index contributed by atoms with van der Waals surface area (Å²) in [6.45, 7) is -0.164. The van der Waals surface area contributed by atoms with E-state index in [1.807, 2.05) is 0 Å². The van der Waals surface area contributed by atoms with Gasteiger partial charge in [0.15, 0.2) is 12.1 Å². The normalized spacial score (nSPS) is 9.08. The number of carbonyl (C=O) groups is 3. The first-order valence-corrected chi connectivity index (χ1v) is 6.02. The Balaban J connectivity index is 0.000000425. The maximum Gasteiger partial charge on any atom is 0.354 e. The monoisotopic (exact) mass is 386 g/mol. The average Bonchev–Trinajstić information content (AvgIpc) is 2.55. The predicted octanol–water partition coefficient (Wildman–Crippen LogP) is 1.00. The first-order chi connectivity index (χ1) is 10.9. The molecule has 0 saturated heterocycles. The van der Waals surface area contributed by atoms with E-state index in [1.54, 1.807) is 6.07 Å². The van der Waals surface area contributed by atoms with Crippen LogP contribution in [0.3, 0.4) is 0 Å². The molecular formula is C14H11FN2O6Zn. The molecule has 10 heteroatoms. The van der Waals surface area contributed by atoms with Gasteiger partial charge in [-0.05, 0) is 23.8 Å². The second kappa shape index (κ2) is 10.2. The zero-order valence-electron chi connectivity index (χ0n) is 12.2. The molecule has 0 saturated carbocycles. The molecule has 0 radical (unpaired) electrons. The van der Waals surface area contributed by atoms with Crippen molar-refractivity contribution in [1.29, 1.82) is 0 Å². The number of carboxylic acid groups (broad SMARTS) is 2. The number of rotatable bonds is 4. The van der Waals surface area contributed by atoms with Gasteiger partial charge in [-0.15, -0.1) is 0 Å². The van der Waals surface area contributed by atoms with Crippen molar-refractivity contribution in [3.63, 3.8) is 0 Å². The molecule has 2 heterocycles. The number of aliphatic hydroxyl groups is 1. The van der Waals surface area contributed by atoms with Crippen LogP contribution in [0, 0.1) is 5.82 Å². The van der Waals surface area contributed by atoms with Gasteiger partial charge in [-0.3, -0.25) is 4.79 Å². The number of aldehydes is 1. The van der Waals surface area contributed by atoms with Gasteiger partial charge in [0.05, 0.1) is 18.4 Å². The Bertz CT molecular complexity index is 741. The number of aromatic nitrogens is 2. The molecule has 8 nitrogen and oxygen atoms in total. The summed E-state index contributed by atoms with van der Waals surface area (Å²) < 4.78 is 12.5. The van der Waals surface area contributed by atoms with Gasteiger partial charge in [-0.25, -0.2) is 23.9 Å². The Morgan fingerprint density at radius 2 is 1.71 bits per heavy atom. The summed E-state index contributed by atoms with van der Waals surface area (Å²) in [5.74, 6) is -3.20. The fraction of sp³-hybridized carbons (Fsp3) is 0.0714. The van der Waals surface area contributed by atoms with Crippen molar-refractivity contribution < 1.29 is 53.6 Å². The fourth-order valence-electron chi connectivity index (χ4n) is 1.35. The van der Waals surface area contributed by atoms with Crippen molar-refractivity contribution in [3.05, 3.63) is 58.9 Å². The minimum Gasteiger partial charge on any atom is -0.477 e. The molecule has 2 aromatic heterocycles. The molecule has 0 aliphatic heterocycles. The van der Waals surface area contributed by atoms with Crippen LogP contribution in [0.15, 0.2) is 30.6 Å². The molecule has 0 aromatic carbocycles. The predicted molar refractivity (Wildman–Crippen MR) is 73.7 cm³/mol. The Morgan fingerprint density at radius 3 is 2.21 bits per heavy atom. The smallest absolute Gasteiger partial charge is 0.354 e. The molecule has 0 bridgehead atoms. The molecule has 3 N–H and O–H groups in total. The summed E-state index contributed by atoms with van der Waals surface area (Å²) in [6, 6.07) is 3.78. The van der Waals surface area contributed by atoms with Gasteiger partial charge >= 0.3 is 11.9 Å². The molecule has 0 aliphatic rings. The molecule has 0 spiro atoms. The van der Waals surface area contributed by atoms with Crippen LogP contribution in [0.5, 0.6) is 0 Å². The van der Waals surface area contributed by atoms with Crippen molar-refractivity contribution in [2.75, 3.05) is 0 Å². The second-order valence-electron chi connectivity index (χ2n) is 4.03. The van der Waals surface area contributed by atoms with Crippen molar-refractivity contribution >= 4 is 18.2 Å². The number of nitrogens with zero attached hydrogens (tertiary/aromatic N) is 2. The van der Waals surface area contributed by atoms with E-state index in [2.05, 4.69) is 9.97 Å². The van der Waals surface area contributed by atoms with Crippen LogP contribution in [0.1, 0.15) is 36.9 Å². The van der Waals surface area contributed by atoms with Crippen LogP contribution in [0.4, 0.5) is 4.39 Å². The number of aliphatic hydroxyl groups excluding tert-OH is 1. The molecule has 0 atom stereocenters. The zero-order chi connectivity index (χ0) is 17.4. The quantitative estimate of drug-likeness (QED) is 0.522. The van der Waals surface area contributed by atoms with Crippen LogP contribution in [-0.2, 0) is 26.1 Å². The van der Waals surface area contributed by atoms with Gasteiger partial charge in [0.25, 0.3) is 0 Å². The van der Waals surface area contributed by atoms with E-state index >= 15 is 0 Å². The molecule has 24 heavy (non-hydrogen) atoms. The van der Waals surface area contributed by atoms with Gasteiger partial charge in [-0.1, -0.05) is 0 Å². The van der Waals surface area contributed by atoms with Gasteiger partial charge < -0.3 is 15.3 Å². The third-order valence-electron chi connectivity index (χ3n) is 2.46. The van der Waals surface area contributed by atoms with E-state index in [9.17, 15) is 18.8 Å². The Hall–Kier alpha value is -2.58. The molecule has 2 rings (SSSR count). The number of aromatic carboxylic acids is 2.